The topological polar surface area (TPSA) is 192 Å². The summed E-state index contributed by atoms with van der Waals surface area (Å²) in [6.45, 7) is 19.4. The van der Waals surface area contributed by atoms with Crippen LogP contribution in [0.25, 0.3) is 22.2 Å². The third-order valence-electron chi connectivity index (χ3n) is 12.2. The lowest BCUT2D eigenvalue weighted by molar-refractivity contribution is -0.141. The summed E-state index contributed by atoms with van der Waals surface area (Å²) in [6, 6.07) is 21.7. The lowest BCUT2D eigenvalue weighted by Gasteiger charge is -2.37. The summed E-state index contributed by atoms with van der Waals surface area (Å²) >= 11 is 0. The molecular formula is C48H61N5O10SSi. The van der Waals surface area contributed by atoms with Gasteiger partial charge in [-0.15, -0.1) is 6.58 Å². The lowest BCUT2D eigenvalue weighted by atomic mass is 10.1. The predicted molar refractivity (Wildman–Crippen MR) is 250 cm³/mol. The number of hydrogen-bond acceptors (Lipinski definition) is 11. The standard InChI is InChI=1S/C48H61N5O10SSi/c1-11-32-29-48(32,44(56)52-64(58,59)35-20-16-13-17-21-35)51-42(54)40-27-34(62-41-28-38(31-18-14-12-15-19-31)49-39-26-33(60-8)22-23-36(39)41)30-53(40)43(55)37(50-45(57)63-46(2,3)4)24-25-61-65(9,10)47(5,6)7/h11-23,26,28,32,34,37,40H,1,24-25,27,29-30H2,2-10H3,(H,50,57)(H,51,54)(H,52,56)/t32-,34?,37+,40+,48-/m1/s1. The molecule has 6 rings (SSSR count). The van der Waals surface area contributed by atoms with Gasteiger partial charge in [-0.2, -0.15) is 0 Å². The number of nitrogens with one attached hydrogen (secondary N) is 3. The van der Waals surface area contributed by atoms with Gasteiger partial charge in [-0.05, 0) is 76.0 Å². The van der Waals surface area contributed by atoms with Crippen LogP contribution in [0.4, 0.5) is 4.79 Å². The number of aromatic nitrogens is 1. The van der Waals surface area contributed by atoms with E-state index in [4.69, 9.17) is 23.6 Å². The maximum Gasteiger partial charge on any atom is 0.408 e. The molecule has 15 nitrogen and oxygen atoms in total. The monoisotopic (exact) mass is 927 g/mol. The van der Waals surface area contributed by atoms with Crippen molar-refractivity contribution in [1.82, 2.24) is 25.2 Å². The van der Waals surface area contributed by atoms with Gasteiger partial charge in [0.15, 0.2) is 8.32 Å². The Labute approximate surface area is 382 Å². The summed E-state index contributed by atoms with van der Waals surface area (Å²) in [6.07, 6.45) is -0.0341. The Morgan fingerprint density at radius 1 is 0.969 bits per heavy atom. The van der Waals surface area contributed by atoms with Gasteiger partial charge in [-0.1, -0.05) is 75.4 Å². The molecule has 3 N–H and O–H groups in total. The molecule has 1 saturated carbocycles. The third kappa shape index (κ3) is 11.4. The summed E-state index contributed by atoms with van der Waals surface area (Å²) < 4.78 is 53.0. The van der Waals surface area contributed by atoms with Crippen LogP contribution < -0.4 is 24.8 Å². The molecule has 2 fully saturated rings. The van der Waals surface area contributed by atoms with Crippen LogP contribution in [0.1, 0.15) is 60.8 Å². The molecule has 4 amide bonds. The average Bonchev–Trinajstić information content (AvgIpc) is 3.80. The first kappa shape index (κ1) is 48.7. The highest BCUT2D eigenvalue weighted by atomic mass is 32.2. The second kappa shape index (κ2) is 19.0. The number of carbonyl (C=O) groups excluding carboxylic acids is 4. The Balaban J connectivity index is 1.36. The fraction of sp³-hybridized carbons (Fsp3) is 0.438. The lowest BCUT2D eigenvalue weighted by Crippen LogP contribution is -2.58. The first-order valence-electron chi connectivity index (χ1n) is 21.7. The van der Waals surface area contributed by atoms with E-state index in [0.29, 0.717) is 28.1 Å². The molecule has 65 heavy (non-hydrogen) atoms. The zero-order chi connectivity index (χ0) is 47.5. The van der Waals surface area contributed by atoms with E-state index in [-0.39, 0.29) is 42.3 Å². The summed E-state index contributed by atoms with van der Waals surface area (Å²) in [7, 11) is -5.04. The van der Waals surface area contributed by atoms with Crippen LogP contribution in [-0.2, 0) is 33.6 Å². The minimum absolute atomic E-state index is 0.0311. The number of ether oxygens (including phenoxy) is 3. The van der Waals surface area contributed by atoms with Gasteiger partial charge in [0, 0.05) is 42.0 Å². The van der Waals surface area contributed by atoms with Crippen LogP contribution in [0.5, 0.6) is 11.5 Å². The molecule has 3 aromatic carbocycles. The van der Waals surface area contributed by atoms with Gasteiger partial charge in [0.05, 0.1) is 29.8 Å². The zero-order valence-electron chi connectivity index (χ0n) is 38.6. The van der Waals surface area contributed by atoms with Crippen molar-refractivity contribution in [2.75, 3.05) is 20.3 Å². The molecule has 5 atom stereocenters. The number of rotatable bonds is 16. The predicted octanol–water partition coefficient (Wildman–Crippen LogP) is 7.13. The number of nitrogens with zero attached hydrogens (tertiary/aromatic N) is 2. The van der Waals surface area contributed by atoms with Crippen LogP contribution in [0.15, 0.2) is 102 Å². The van der Waals surface area contributed by atoms with Gasteiger partial charge in [0.25, 0.3) is 15.9 Å². The number of benzene rings is 3. The molecule has 0 bridgehead atoms. The number of amides is 4. The van der Waals surface area contributed by atoms with Crippen molar-refractivity contribution in [3.05, 3.63) is 97.6 Å². The number of fused-ring (bicyclic) bond motifs is 1. The highest BCUT2D eigenvalue weighted by Gasteiger charge is 2.61. The van der Waals surface area contributed by atoms with E-state index in [2.05, 4.69) is 55.8 Å². The normalized spacial score (nSPS) is 20.3. The molecule has 1 saturated heterocycles. The molecule has 17 heteroatoms. The molecule has 348 valence electrons. The van der Waals surface area contributed by atoms with E-state index < -0.39 is 77.4 Å². The van der Waals surface area contributed by atoms with E-state index in [1.807, 2.05) is 36.4 Å². The van der Waals surface area contributed by atoms with E-state index >= 15 is 0 Å². The molecule has 0 radical (unpaired) electrons. The fourth-order valence-corrected chi connectivity index (χ4v) is 9.60. The second-order valence-electron chi connectivity index (χ2n) is 19.1. The molecule has 2 aliphatic rings. The van der Waals surface area contributed by atoms with Gasteiger partial charge in [0.1, 0.15) is 40.8 Å². The number of carbonyl (C=O) groups is 4. The van der Waals surface area contributed by atoms with Crippen molar-refractivity contribution in [2.24, 2.45) is 5.92 Å². The third-order valence-corrected chi connectivity index (χ3v) is 18.1. The molecule has 1 aliphatic carbocycles. The molecule has 1 unspecified atom stereocenters. The summed E-state index contributed by atoms with van der Waals surface area (Å²) in [5.41, 5.74) is -0.517. The molecular weight excluding hydrogens is 867 g/mol. The molecule has 2 heterocycles. The SMILES string of the molecule is C=C[C@@H]1C[C@]1(NC(=O)[C@@H]1CC(Oc2cc(-c3ccccc3)nc3cc(OC)ccc23)CN1C(=O)[C@H](CCO[Si](C)(C)C(C)(C)C)NC(=O)OC(C)(C)C)C(=O)NS(=O)(=O)c1ccccc1. The molecule has 1 aliphatic heterocycles. The quantitative estimate of drug-likeness (QED) is 0.0765. The first-order chi connectivity index (χ1) is 30.5. The van der Waals surface area contributed by atoms with Gasteiger partial charge in [0.2, 0.25) is 11.8 Å². The van der Waals surface area contributed by atoms with Crippen LogP contribution in [0.2, 0.25) is 18.1 Å². The fourth-order valence-electron chi connectivity index (χ4n) is 7.48. The van der Waals surface area contributed by atoms with Gasteiger partial charge >= 0.3 is 6.09 Å². The van der Waals surface area contributed by atoms with Crippen molar-refractivity contribution in [3.63, 3.8) is 0 Å². The van der Waals surface area contributed by atoms with Crippen molar-refractivity contribution < 1.29 is 46.2 Å². The van der Waals surface area contributed by atoms with Crippen LogP contribution in [0.3, 0.4) is 0 Å². The van der Waals surface area contributed by atoms with Gasteiger partial charge in [-0.25, -0.2) is 22.9 Å². The minimum Gasteiger partial charge on any atom is -0.497 e. The Kier molecular flexibility index (Phi) is 14.2. The maximum atomic E-state index is 15.0. The minimum atomic E-state index is -4.31. The average molecular weight is 928 g/mol. The van der Waals surface area contributed by atoms with Crippen molar-refractivity contribution in [1.29, 1.82) is 0 Å². The van der Waals surface area contributed by atoms with E-state index in [0.717, 1.165) is 5.56 Å². The number of sulfonamides is 1. The van der Waals surface area contributed by atoms with Crippen LogP contribution >= 0.6 is 0 Å². The molecule has 0 spiro atoms. The van der Waals surface area contributed by atoms with Gasteiger partial charge in [-0.3, -0.25) is 14.4 Å². The largest absolute Gasteiger partial charge is 0.497 e. The second-order valence-corrected chi connectivity index (χ2v) is 25.6. The van der Waals surface area contributed by atoms with E-state index in [9.17, 15) is 27.6 Å². The van der Waals surface area contributed by atoms with Crippen molar-refractivity contribution in [2.45, 2.75) is 113 Å². The number of pyridine rings is 1. The molecule has 4 aromatic rings. The highest BCUT2D eigenvalue weighted by molar-refractivity contribution is 7.90. The molecule has 1 aromatic heterocycles. The zero-order valence-corrected chi connectivity index (χ0v) is 40.4. The number of alkyl carbamates (subject to hydrolysis) is 1. The van der Waals surface area contributed by atoms with Crippen molar-refractivity contribution >= 4 is 53.1 Å². The number of methoxy groups -OCH3 is 1. The Morgan fingerprint density at radius 3 is 2.23 bits per heavy atom. The summed E-state index contributed by atoms with van der Waals surface area (Å²) in [5, 5.41) is 6.09. The van der Waals surface area contributed by atoms with Crippen LogP contribution in [-0.4, -0.2) is 100 Å². The number of likely N-dealkylation sites (tertiary alicyclic amines) is 1. The van der Waals surface area contributed by atoms with E-state index in [1.165, 1.54) is 35.2 Å². The smallest absolute Gasteiger partial charge is 0.408 e. The Bertz CT molecular complexity index is 2530. The Morgan fingerprint density at radius 2 is 1.63 bits per heavy atom. The summed E-state index contributed by atoms with van der Waals surface area (Å²) in [5.74, 6) is -1.84. The maximum absolute atomic E-state index is 15.0. The van der Waals surface area contributed by atoms with Crippen LogP contribution in [0, 0.1) is 5.92 Å². The number of hydrogen-bond donors (Lipinski definition) is 3. The van der Waals surface area contributed by atoms with Crippen molar-refractivity contribution in [3.8, 4) is 22.8 Å². The van der Waals surface area contributed by atoms with Gasteiger partial charge < -0.3 is 34.2 Å². The highest BCUT2D eigenvalue weighted by Crippen LogP contribution is 2.45. The van der Waals surface area contributed by atoms with E-state index in [1.54, 1.807) is 52.1 Å². The Hall–Kier alpha value is -5.78. The summed E-state index contributed by atoms with van der Waals surface area (Å²) in [4.78, 5) is 63.1. The first-order valence-corrected chi connectivity index (χ1v) is 26.1.